The minimum absolute atomic E-state index is 0.0667. The van der Waals surface area contributed by atoms with Crippen molar-refractivity contribution in [2.75, 3.05) is 13.1 Å². The molecule has 0 spiro atoms. The Balaban J connectivity index is 2.75. The van der Waals surface area contributed by atoms with E-state index in [1.54, 1.807) is 12.1 Å². The summed E-state index contributed by atoms with van der Waals surface area (Å²) in [5.74, 6) is 0.0258. The fourth-order valence-corrected chi connectivity index (χ4v) is 1.60. The molecule has 0 amide bonds. The molecule has 1 atom stereocenters. The average molecular weight is 260 g/mol. The summed E-state index contributed by atoms with van der Waals surface area (Å²) in [6.07, 6.45) is -0.0667. The maximum Gasteiger partial charge on any atom is 0.183 e. The predicted molar refractivity (Wildman–Crippen MR) is 69.2 cm³/mol. The third-order valence-corrected chi connectivity index (χ3v) is 2.83. The van der Waals surface area contributed by atoms with Gasteiger partial charge in [-0.15, -0.1) is 0 Å². The number of benzene rings is 1. The zero-order chi connectivity index (χ0) is 12.8. The van der Waals surface area contributed by atoms with Gasteiger partial charge in [0, 0.05) is 6.54 Å². The Bertz CT molecular complexity index is 357. The molecular formula is C13H19ClFNO. The van der Waals surface area contributed by atoms with E-state index in [9.17, 15) is 4.39 Å². The van der Waals surface area contributed by atoms with Crippen LogP contribution in [0.2, 0.25) is 5.02 Å². The zero-order valence-corrected chi connectivity index (χ0v) is 11.2. The number of hydrogen-bond donors (Lipinski definition) is 1. The van der Waals surface area contributed by atoms with E-state index in [1.807, 2.05) is 20.8 Å². The summed E-state index contributed by atoms with van der Waals surface area (Å²) in [6, 6.07) is 4.80. The van der Waals surface area contributed by atoms with Gasteiger partial charge < -0.3 is 10.1 Å². The Kier molecular flexibility index (Phi) is 5.72. The zero-order valence-electron chi connectivity index (χ0n) is 10.5. The third-order valence-electron chi connectivity index (χ3n) is 2.53. The van der Waals surface area contributed by atoms with E-state index in [0.717, 1.165) is 6.54 Å². The molecule has 0 saturated heterocycles. The van der Waals surface area contributed by atoms with Crippen molar-refractivity contribution in [3.8, 4) is 5.75 Å². The van der Waals surface area contributed by atoms with E-state index in [1.165, 1.54) is 6.07 Å². The first-order chi connectivity index (χ1) is 8.06. The summed E-state index contributed by atoms with van der Waals surface area (Å²) < 4.78 is 19.3. The van der Waals surface area contributed by atoms with Crippen LogP contribution in [0.3, 0.4) is 0 Å². The molecule has 0 fully saturated rings. The fourth-order valence-electron chi connectivity index (χ4n) is 1.44. The SMILES string of the molecule is CCNCC(Oc1cccc(Cl)c1F)C(C)C. The van der Waals surface area contributed by atoms with Crippen LogP contribution in [0.4, 0.5) is 4.39 Å². The second-order valence-electron chi connectivity index (χ2n) is 4.26. The second kappa shape index (κ2) is 6.82. The van der Waals surface area contributed by atoms with E-state index in [4.69, 9.17) is 16.3 Å². The monoisotopic (exact) mass is 259 g/mol. The highest BCUT2D eigenvalue weighted by Crippen LogP contribution is 2.25. The van der Waals surface area contributed by atoms with Gasteiger partial charge in [0.05, 0.1) is 5.02 Å². The molecule has 0 aliphatic rings. The highest BCUT2D eigenvalue weighted by atomic mass is 35.5. The molecule has 96 valence electrons. The van der Waals surface area contributed by atoms with Crippen LogP contribution in [0.5, 0.6) is 5.75 Å². The summed E-state index contributed by atoms with van der Waals surface area (Å²) in [6.45, 7) is 7.68. The lowest BCUT2D eigenvalue weighted by molar-refractivity contribution is 0.143. The van der Waals surface area contributed by atoms with Gasteiger partial charge in [-0.25, -0.2) is 4.39 Å². The van der Waals surface area contributed by atoms with Gasteiger partial charge in [-0.3, -0.25) is 0 Å². The lowest BCUT2D eigenvalue weighted by Crippen LogP contribution is -2.35. The average Bonchev–Trinajstić information content (AvgIpc) is 2.29. The highest BCUT2D eigenvalue weighted by molar-refractivity contribution is 6.30. The van der Waals surface area contributed by atoms with E-state index in [2.05, 4.69) is 5.32 Å². The van der Waals surface area contributed by atoms with Gasteiger partial charge in [-0.05, 0) is 24.6 Å². The molecular weight excluding hydrogens is 241 g/mol. The molecule has 0 heterocycles. The third kappa shape index (κ3) is 4.17. The molecule has 1 unspecified atom stereocenters. The van der Waals surface area contributed by atoms with Gasteiger partial charge in [0.25, 0.3) is 0 Å². The van der Waals surface area contributed by atoms with Crippen LogP contribution in [0.15, 0.2) is 18.2 Å². The molecule has 0 saturated carbocycles. The lowest BCUT2D eigenvalue weighted by Gasteiger charge is -2.23. The molecule has 0 aliphatic heterocycles. The van der Waals surface area contributed by atoms with Crippen LogP contribution in [0.1, 0.15) is 20.8 Å². The Labute approximate surface area is 107 Å². The Morgan fingerprint density at radius 3 is 2.71 bits per heavy atom. The number of rotatable bonds is 6. The molecule has 1 aromatic rings. The fraction of sp³-hybridized carbons (Fsp3) is 0.538. The first-order valence-electron chi connectivity index (χ1n) is 5.87. The molecule has 0 radical (unpaired) electrons. The van der Waals surface area contributed by atoms with Gasteiger partial charge in [-0.2, -0.15) is 0 Å². The molecule has 0 aromatic heterocycles. The Hall–Kier alpha value is -0.800. The van der Waals surface area contributed by atoms with Gasteiger partial charge in [0.1, 0.15) is 6.10 Å². The molecule has 1 aromatic carbocycles. The van der Waals surface area contributed by atoms with E-state index < -0.39 is 5.82 Å². The number of nitrogens with one attached hydrogen (secondary N) is 1. The summed E-state index contributed by atoms with van der Waals surface area (Å²) in [4.78, 5) is 0. The molecule has 0 bridgehead atoms. The van der Waals surface area contributed by atoms with Crippen molar-refractivity contribution < 1.29 is 9.13 Å². The Morgan fingerprint density at radius 2 is 2.12 bits per heavy atom. The maximum atomic E-state index is 13.7. The van der Waals surface area contributed by atoms with E-state index in [0.29, 0.717) is 12.5 Å². The maximum absolute atomic E-state index is 13.7. The van der Waals surface area contributed by atoms with E-state index >= 15 is 0 Å². The lowest BCUT2D eigenvalue weighted by atomic mass is 10.1. The number of likely N-dealkylation sites (N-methyl/N-ethyl adjacent to an activating group) is 1. The minimum atomic E-state index is -0.490. The van der Waals surface area contributed by atoms with Crippen molar-refractivity contribution in [3.05, 3.63) is 29.0 Å². The van der Waals surface area contributed by atoms with Gasteiger partial charge in [0.15, 0.2) is 11.6 Å². The highest BCUT2D eigenvalue weighted by Gasteiger charge is 2.17. The van der Waals surface area contributed by atoms with Crippen LogP contribution >= 0.6 is 11.6 Å². The first-order valence-corrected chi connectivity index (χ1v) is 6.25. The van der Waals surface area contributed by atoms with Crippen molar-refractivity contribution in [2.45, 2.75) is 26.9 Å². The first kappa shape index (κ1) is 14.3. The van der Waals surface area contributed by atoms with Gasteiger partial charge >= 0.3 is 0 Å². The largest absolute Gasteiger partial charge is 0.486 e. The number of halogens is 2. The molecule has 17 heavy (non-hydrogen) atoms. The smallest absolute Gasteiger partial charge is 0.183 e. The van der Waals surface area contributed by atoms with Crippen LogP contribution in [0, 0.1) is 11.7 Å². The van der Waals surface area contributed by atoms with Gasteiger partial charge in [0.2, 0.25) is 0 Å². The quantitative estimate of drug-likeness (QED) is 0.844. The molecule has 4 heteroatoms. The normalized spacial score (nSPS) is 12.8. The van der Waals surface area contributed by atoms with Crippen molar-refractivity contribution in [2.24, 2.45) is 5.92 Å². The number of hydrogen-bond acceptors (Lipinski definition) is 2. The molecule has 1 rings (SSSR count). The molecule has 1 N–H and O–H groups in total. The molecule has 2 nitrogen and oxygen atoms in total. The minimum Gasteiger partial charge on any atom is -0.486 e. The van der Waals surface area contributed by atoms with Crippen LogP contribution < -0.4 is 10.1 Å². The van der Waals surface area contributed by atoms with Crippen LogP contribution in [0.25, 0.3) is 0 Å². The summed E-state index contributed by atoms with van der Waals surface area (Å²) in [5.41, 5.74) is 0. The summed E-state index contributed by atoms with van der Waals surface area (Å²) in [7, 11) is 0. The predicted octanol–water partition coefficient (Wildman–Crippen LogP) is 3.49. The second-order valence-corrected chi connectivity index (χ2v) is 4.67. The van der Waals surface area contributed by atoms with Crippen LogP contribution in [-0.2, 0) is 0 Å². The van der Waals surface area contributed by atoms with Crippen molar-refractivity contribution >= 4 is 11.6 Å². The van der Waals surface area contributed by atoms with E-state index in [-0.39, 0.29) is 16.9 Å². The van der Waals surface area contributed by atoms with Crippen molar-refractivity contribution in [1.29, 1.82) is 0 Å². The van der Waals surface area contributed by atoms with Gasteiger partial charge in [-0.1, -0.05) is 38.4 Å². The number of ether oxygens (including phenoxy) is 1. The topological polar surface area (TPSA) is 21.3 Å². The standard InChI is InChI=1S/C13H19ClFNO/c1-4-16-8-12(9(2)3)17-11-7-5-6-10(14)13(11)15/h5-7,9,12,16H,4,8H2,1-3H3. The Morgan fingerprint density at radius 1 is 1.41 bits per heavy atom. The summed E-state index contributed by atoms with van der Waals surface area (Å²) >= 11 is 5.71. The molecule has 0 aliphatic carbocycles. The summed E-state index contributed by atoms with van der Waals surface area (Å²) in [5, 5.41) is 3.29. The van der Waals surface area contributed by atoms with Crippen LogP contribution in [-0.4, -0.2) is 19.2 Å². The van der Waals surface area contributed by atoms with Crippen molar-refractivity contribution in [1.82, 2.24) is 5.32 Å². The van der Waals surface area contributed by atoms with Crippen molar-refractivity contribution in [3.63, 3.8) is 0 Å².